The molecule has 0 bridgehead atoms. The van der Waals surface area contributed by atoms with Gasteiger partial charge >= 0.3 is 0 Å². The molecule has 1 aromatic heterocycles. The van der Waals surface area contributed by atoms with E-state index in [9.17, 15) is 0 Å². The van der Waals surface area contributed by atoms with E-state index < -0.39 is 0 Å². The second kappa shape index (κ2) is 6.28. The van der Waals surface area contributed by atoms with Crippen molar-refractivity contribution in [2.45, 2.75) is 0 Å². The number of hydrogen-bond donors (Lipinski definition) is 1. The van der Waals surface area contributed by atoms with Gasteiger partial charge in [0.25, 0.3) is 0 Å². The molecule has 0 fully saturated rings. The SMILES string of the molecule is COCCN(CCN)c1nncc2ccccc12. The molecule has 2 N–H and O–H groups in total. The van der Waals surface area contributed by atoms with Crippen LogP contribution in [0.25, 0.3) is 10.8 Å². The Balaban J connectivity index is 2.36. The molecule has 18 heavy (non-hydrogen) atoms. The van der Waals surface area contributed by atoms with Gasteiger partial charge in [-0.1, -0.05) is 24.3 Å². The van der Waals surface area contributed by atoms with Crippen molar-refractivity contribution >= 4 is 16.6 Å². The number of anilines is 1. The number of fused-ring (bicyclic) bond motifs is 1. The third kappa shape index (κ3) is 2.75. The van der Waals surface area contributed by atoms with Crippen LogP contribution in [0, 0.1) is 0 Å². The minimum atomic E-state index is 0.578. The first-order valence-electron chi connectivity index (χ1n) is 6.01. The highest BCUT2D eigenvalue weighted by Crippen LogP contribution is 2.22. The molecule has 0 radical (unpaired) electrons. The van der Waals surface area contributed by atoms with Crippen molar-refractivity contribution in [1.29, 1.82) is 0 Å². The van der Waals surface area contributed by atoms with E-state index >= 15 is 0 Å². The minimum absolute atomic E-state index is 0.578. The molecule has 0 aliphatic rings. The Morgan fingerprint density at radius 3 is 2.89 bits per heavy atom. The van der Waals surface area contributed by atoms with Gasteiger partial charge in [-0.25, -0.2) is 0 Å². The zero-order valence-corrected chi connectivity index (χ0v) is 10.5. The average molecular weight is 246 g/mol. The fourth-order valence-electron chi connectivity index (χ4n) is 1.93. The van der Waals surface area contributed by atoms with Crippen LogP contribution in [0.2, 0.25) is 0 Å². The van der Waals surface area contributed by atoms with Gasteiger partial charge in [0.15, 0.2) is 5.82 Å². The second-order valence-corrected chi connectivity index (χ2v) is 4.02. The zero-order valence-electron chi connectivity index (χ0n) is 10.5. The van der Waals surface area contributed by atoms with Gasteiger partial charge in [-0.15, -0.1) is 5.10 Å². The molecular weight excluding hydrogens is 228 g/mol. The van der Waals surface area contributed by atoms with E-state index in [4.69, 9.17) is 10.5 Å². The maximum absolute atomic E-state index is 5.65. The number of hydrogen-bond acceptors (Lipinski definition) is 5. The number of ether oxygens (including phenoxy) is 1. The van der Waals surface area contributed by atoms with Crippen molar-refractivity contribution in [3.05, 3.63) is 30.5 Å². The maximum atomic E-state index is 5.65. The molecule has 0 saturated carbocycles. The largest absolute Gasteiger partial charge is 0.383 e. The molecule has 0 saturated heterocycles. The molecular formula is C13H18N4O. The average Bonchev–Trinajstić information content (AvgIpc) is 2.43. The lowest BCUT2D eigenvalue weighted by atomic mass is 10.2. The van der Waals surface area contributed by atoms with Crippen LogP contribution < -0.4 is 10.6 Å². The summed E-state index contributed by atoms with van der Waals surface area (Å²) >= 11 is 0. The molecule has 5 nitrogen and oxygen atoms in total. The van der Waals surface area contributed by atoms with E-state index in [-0.39, 0.29) is 0 Å². The van der Waals surface area contributed by atoms with Crippen LogP contribution in [-0.4, -0.2) is 43.5 Å². The highest BCUT2D eigenvalue weighted by molar-refractivity contribution is 5.91. The first-order chi connectivity index (χ1) is 8.86. The van der Waals surface area contributed by atoms with Crippen molar-refractivity contribution in [3.8, 4) is 0 Å². The molecule has 1 heterocycles. The smallest absolute Gasteiger partial charge is 0.159 e. The van der Waals surface area contributed by atoms with Gasteiger partial charge in [-0.05, 0) is 0 Å². The lowest BCUT2D eigenvalue weighted by molar-refractivity contribution is 0.205. The molecule has 0 aliphatic heterocycles. The Labute approximate surface area is 107 Å². The van der Waals surface area contributed by atoms with Gasteiger partial charge in [0, 0.05) is 37.5 Å². The van der Waals surface area contributed by atoms with E-state index in [2.05, 4.69) is 21.2 Å². The van der Waals surface area contributed by atoms with Crippen LogP contribution in [0.4, 0.5) is 5.82 Å². The van der Waals surface area contributed by atoms with Gasteiger partial charge in [0.05, 0.1) is 12.8 Å². The zero-order chi connectivity index (χ0) is 12.8. The van der Waals surface area contributed by atoms with Crippen molar-refractivity contribution in [3.63, 3.8) is 0 Å². The predicted octanol–water partition coefficient (Wildman–Crippen LogP) is 1.04. The summed E-state index contributed by atoms with van der Waals surface area (Å²) in [5, 5.41) is 10.5. The second-order valence-electron chi connectivity index (χ2n) is 4.02. The predicted molar refractivity (Wildman–Crippen MR) is 72.7 cm³/mol. The lowest BCUT2D eigenvalue weighted by Gasteiger charge is -2.23. The molecule has 2 rings (SSSR count). The highest BCUT2D eigenvalue weighted by Gasteiger charge is 2.11. The minimum Gasteiger partial charge on any atom is -0.383 e. The molecule has 96 valence electrons. The van der Waals surface area contributed by atoms with Gasteiger partial charge in [-0.3, -0.25) is 0 Å². The highest BCUT2D eigenvalue weighted by atomic mass is 16.5. The summed E-state index contributed by atoms with van der Waals surface area (Å²) in [7, 11) is 1.69. The Morgan fingerprint density at radius 2 is 2.11 bits per heavy atom. The van der Waals surface area contributed by atoms with E-state index in [1.807, 2.05) is 18.2 Å². The molecule has 0 atom stereocenters. The number of nitrogens with zero attached hydrogens (tertiary/aromatic N) is 3. The van der Waals surface area contributed by atoms with Crippen LogP contribution in [0.3, 0.4) is 0 Å². The standard InChI is InChI=1S/C13H18N4O/c1-18-9-8-17(7-6-14)13-12-5-3-2-4-11(12)10-15-16-13/h2-5,10H,6-9,14H2,1H3. The molecule has 0 amide bonds. The summed E-state index contributed by atoms with van der Waals surface area (Å²) < 4.78 is 5.12. The molecule has 1 aromatic carbocycles. The van der Waals surface area contributed by atoms with Gasteiger partial charge in [0.1, 0.15) is 0 Å². The third-order valence-electron chi connectivity index (χ3n) is 2.81. The summed E-state index contributed by atoms with van der Waals surface area (Å²) in [4.78, 5) is 2.11. The van der Waals surface area contributed by atoms with E-state index in [0.29, 0.717) is 13.2 Å². The fourth-order valence-corrected chi connectivity index (χ4v) is 1.93. The van der Waals surface area contributed by atoms with Gasteiger partial charge < -0.3 is 15.4 Å². The van der Waals surface area contributed by atoms with Crippen LogP contribution in [0.1, 0.15) is 0 Å². The summed E-state index contributed by atoms with van der Waals surface area (Å²) in [6.45, 7) is 2.72. The van der Waals surface area contributed by atoms with Gasteiger partial charge in [-0.2, -0.15) is 5.10 Å². The van der Waals surface area contributed by atoms with Gasteiger partial charge in [0.2, 0.25) is 0 Å². The molecule has 0 aliphatic carbocycles. The summed E-state index contributed by atoms with van der Waals surface area (Å²) in [6.07, 6.45) is 1.77. The van der Waals surface area contributed by atoms with Crippen molar-refractivity contribution in [2.75, 3.05) is 38.3 Å². The number of benzene rings is 1. The van der Waals surface area contributed by atoms with Crippen LogP contribution in [0.5, 0.6) is 0 Å². The Kier molecular flexibility index (Phi) is 4.44. The maximum Gasteiger partial charge on any atom is 0.159 e. The van der Waals surface area contributed by atoms with Crippen LogP contribution in [0.15, 0.2) is 30.5 Å². The molecule has 0 unspecified atom stereocenters. The fraction of sp³-hybridized carbons (Fsp3) is 0.385. The van der Waals surface area contributed by atoms with E-state index in [1.54, 1.807) is 13.3 Å². The number of methoxy groups -OCH3 is 1. The Hall–Kier alpha value is -1.72. The molecule has 0 spiro atoms. The number of aromatic nitrogens is 2. The van der Waals surface area contributed by atoms with Crippen LogP contribution in [-0.2, 0) is 4.74 Å². The number of nitrogens with two attached hydrogens (primary N) is 1. The summed E-state index contributed by atoms with van der Waals surface area (Å²) in [5.74, 6) is 0.871. The van der Waals surface area contributed by atoms with Crippen molar-refractivity contribution in [2.24, 2.45) is 5.73 Å². The quantitative estimate of drug-likeness (QED) is 0.825. The summed E-state index contributed by atoms with van der Waals surface area (Å²) in [5.41, 5.74) is 5.65. The normalized spacial score (nSPS) is 10.8. The van der Waals surface area contributed by atoms with E-state index in [0.717, 1.165) is 29.7 Å². The molecule has 5 heteroatoms. The topological polar surface area (TPSA) is 64.3 Å². The first kappa shape index (κ1) is 12.7. The molecule has 2 aromatic rings. The Morgan fingerprint density at radius 1 is 1.28 bits per heavy atom. The lowest BCUT2D eigenvalue weighted by Crippen LogP contribution is -2.33. The number of rotatable bonds is 6. The van der Waals surface area contributed by atoms with Crippen molar-refractivity contribution in [1.82, 2.24) is 10.2 Å². The third-order valence-corrected chi connectivity index (χ3v) is 2.81. The Bertz CT molecular complexity index is 498. The van der Waals surface area contributed by atoms with Crippen molar-refractivity contribution < 1.29 is 4.74 Å². The van der Waals surface area contributed by atoms with E-state index in [1.165, 1.54) is 0 Å². The first-order valence-corrected chi connectivity index (χ1v) is 6.01. The monoisotopic (exact) mass is 246 g/mol. The van der Waals surface area contributed by atoms with Crippen LogP contribution >= 0.6 is 0 Å². The summed E-state index contributed by atoms with van der Waals surface area (Å²) in [6, 6.07) is 8.08.